The molecule has 0 atom stereocenters. The number of hydrogen-bond acceptors (Lipinski definition) is 3. The third kappa shape index (κ3) is 3.52. The van der Waals surface area contributed by atoms with Crippen molar-refractivity contribution >= 4 is 27.5 Å². The number of hydrogen-bond donors (Lipinski definition) is 2. The van der Waals surface area contributed by atoms with Crippen LogP contribution in [0.1, 0.15) is 17.2 Å². The fraction of sp³-hybridized carbons (Fsp3) is 0.273. The highest BCUT2D eigenvalue weighted by Gasteiger charge is 2.05. The van der Waals surface area contributed by atoms with E-state index in [0.717, 1.165) is 21.7 Å². The standard InChI is InChI=1S/C11H12BrClN4/c1-14-6-11-15-10(16-17-11)4-7-2-8(12)5-9(13)3-7/h2-3,5,14H,4,6H2,1H3,(H,15,16,17). The van der Waals surface area contributed by atoms with Gasteiger partial charge in [0.05, 0.1) is 6.54 Å². The van der Waals surface area contributed by atoms with Gasteiger partial charge in [0.2, 0.25) is 0 Å². The van der Waals surface area contributed by atoms with Crippen molar-refractivity contribution in [2.75, 3.05) is 7.05 Å². The second-order valence-corrected chi connectivity index (χ2v) is 5.04. The van der Waals surface area contributed by atoms with Crippen LogP contribution >= 0.6 is 27.5 Å². The third-order valence-corrected chi connectivity index (χ3v) is 2.88. The highest BCUT2D eigenvalue weighted by atomic mass is 79.9. The van der Waals surface area contributed by atoms with E-state index in [-0.39, 0.29) is 0 Å². The largest absolute Gasteiger partial charge is 0.313 e. The van der Waals surface area contributed by atoms with Crippen LogP contribution in [0.25, 0.3) is 0 Å². The van der Waals surface area contributed by atoms with Gasteiger partial charge in [-0.1, -0.05) is 27.5 Å². The highest BCUT2D eigenvalue weighted by Crippen LogP contribution is 2.20. The smallest absolute Gasteiger partial charge is 0.164 e. The minimum atomic E-state index is 0.662. The molecule has 0 spiro atoms. The second kappa shape index (κ2) is 5.62. The van der Waals surface area contributed by atoms with E-state index in [1.165, 1.54) is 0 Å². The quantitative estimate of drug-likeness (QED) is 0.911. The van der Waals surface area contributed by atoms with E-state index >= 15 is 0 Å². The monoisotopic (exact) mass is 314 g/mol. The van der Waals surface area contributed by atoms with E-state index in [4.69, 9.17) is 11.6 Å². The van der Waals surface area contributed by atoms with Crippen molar-refractivity contribution in [2.45, 2.75) is 13.0 Å². The Morgan fingerprint density at radius 1 is 1.41 bits per heavy atom. The summed E-state index contributed by atoms with van der Waals surface area (Å²) < 4.78 is 0.968. The molecule has 0 aliphatic rings. The fourth-order valence-corrected chi connectivity index (χ4v) is 2.49. The number of rotatable bonds is 4. The lowest BCUT2D eigenvalue weighted by Crippen LogP contribution is -2.06. The van der Waals surface area contributed by atoms with E-state index < -0.39 is 0 Å². The molecular formula is C11H12BrClN4. The molecule has 0 amide bonds. The first-order chi connectivity index (χ1) is 8.17. The molecule has 6 heteroatoms. The number of benzene rings is 1. The zero-order chi connectivity index (χ0) is 12.3. The first-order valence-corrected chi connectivity index (χ1v) is 6.34. The van der Waals surface area contributed by atoms with Crippen molar-refractivity contribution in [1.29, 1.82) is 0 Å². The summed E-state index contributed by atoms with van der Waals surface area (Å²) in [7, 11) is 1.87. The molecule has 2 N–H and O–H groups in total. The molecule has 90 valence electrons. The van der Waals surface area contributed by atoms with Crippen LogP contribution in [-0.4, -0.2) is 22.2 Å². The maximum absolute atomic E-state index is 5.99. The molecular weight excluding hydrogens is 304 g/mol. The average molecular weight is 316 g/mol. The van der Waals surface area contributed by atoms with Crippen molar-refractivity contribution in [3.05, 3.63) is 44.9 Å². The highest BCUT2D eigenvalue weighted by molar-refractivity contribution is 9.10. The fourth-order valence-electron chi connectivity index (χ4n) is 1.56. The number of nitrogens with zero attached hydrogens (tertiary/aromatic N) is 2. The molecule has 17 heavy (non-hydrogen) atoms. The Balaban J connectivity index is 2.13. The van der Waals surface area contributed by atoms with Gasteiger partial charge >= 0.3 is 0 Å². The van der Waals surface area contributed by atoms with Crippen molar-refractivity contribution < 1.29 is 0 Å². The van der Waals surface area contributed by atoms with Gasteiger partial charge in [0.1, 0.15) is 5.82 Å². The molecule has 0 bridgehead atoms. The van der Waals surface area contributed by atoms with Gasteiger partial charge in [-0.3, -0.25) is 5.10 Å². The van der Waals surface area contributed by atoms with Crippen molar-refractivity contribution in [3.8, 4) is 0 Å². The number of halogens is 2. The van der Waals surface area contributed by atoms with Crippen LogP contribution in [-0.2, 0) is 13.0 Å². The van der Waals surface area contributed by atoms with Gasteiger partial charge in [0.15, 0.2) is 5.82 Å². The molecule has 0 fully saturated rings. The predicted octanol–water partition coefficient (Wildman–Crippen LogP) is 2.53. The topological polar surface area (TPSA) is 53.6 Å². The Kier molecular flexibility index (Phi) is 4.15. The van der Waals surface area contributed by atoms with Crippen LogP contribution in [0.15, 0.2) is 22.7 Å². The molecule has 1 aromatic heterocycles. The second-order valence-electron chi connectivity index (χ2n) is 3.68. The average Bonchev–Trinajstić information content (AvgIpc) is 2.64. The summed E-state index contributed by atoms with van der Waals surface area (Å²) in [6.07, 6.45) is 0.690. The van der Waals surface area contributed by atoms with Gasteiger partial charge < -0.3 is 5.32 Å². The lowest BCUT2D eigenvalue weighted by molar-refractivity contribution is 0.762. The zero-order valence-corrected chi connectivity index (χ0v) is 11.6. The maximum atomic E-state index is 5.99. The molecule has 0 aliphatic carbocycles. The first kappa shape index (κ1) is 12.5. The minimum Gasteiger partial charge on any atom is -0.313 e. The molecule has 0 radical (unpaired) electrons. The van der Waals surface area contributed by atoms with Crippen molar-refractivity contribution in [2.24, 2.45) is 0 Å². The lowest BCUT2D eigenvalue weighted by Gasteiger charge is -2.00. The minimum absolute atomic E-state index is 0.662. The van der Waals surface area contributed by atoms with E-state index in [0.29, 0.717) is 18.0 Å². The Labute approximate surface area is 113 Å². The molecule has 0 saturated carbocycles. The predicted molar refractivity (Wildman–Crippen MR) is 71.1 cm³/mol. The van der Waals surface area contributed by atoms with Crippen molar-refractivity contribution in [1.82, 2.24) is 20.5 Å². The molecule has 0 saturated heterocycles. The van der Waals surface area contributed by atoms with Gasteiger partial charge in [0, 0.05) is 15.9 Å². The van der Waals surface area contributed by atoms with Gasteiger partial charge in [-0.2, -0.15) is 5.10 Å². The van der Waals surface area contributed by atoms with Gasteiger partial charge in [-0.25, -0.2) is 4.98 Å². The van der Waals surface area contributed by atoms with Crippen LogP contribution < -0.4 is 5.32 Å². The summed E-state index contributed by atoms with van der Waals surface area (Å²) in [5, 5.41) is 10.7. The molecule has 4 nitrogen and oxygen atoms in total. The molecule has 1 aromatic carbocycles. The molecule has 2 aromatic rings. The Morgan fingerprint density at radius 2 is 2.24 bits per heavy atom. The summed E-state index contributed by atoms with van der Waals surface area (Å²) in [5.74, 6) is 1.60. The third-order valence-electron chi connectivity index (χ3n) is 2.21. The molecule has 1 heterocycles. The zero-order valence-electron chi connectivity index (χ0n) is 9.30. The van der Waals surface area contributed by atoms with Crippen molar-refractivity contribution in [3.63, 3.8) is 0 Å². The lowest BCUT2D eigenvalue weighted by atomic mass is 10.1. The van der Waals surface area contributed by atoms with Crippen LogP contribution in [0.4, 0.5) is 0 Å². The van der Waals surface area contributed by atoms with Gasteiger partial charge in [-0.05, 0) is 30.8 Å². The number of aromatic amines is 1. The summed E-state index contributed by atoms with van der Waals surface area (Å²) in [6, 6.07) is 5.80. The molecule has 0 unspecified atom stereocenters. The first-order valence-electron chi connectivity index (χ1n) is 5.17. The number of H-pyrrole nitrogens is 1. The normalized spacial score (nSPS) is 10.8. The maximum Gasteiger partial charge on any atom is 0.164 e. The summed E-state index contributed by atoms with van der Waals surface area (Å²) in [5.41, 5.74) is 1.09. The molecule has 0 aliphatic heterocycles. The molecule has 2 rings (SSSR count). The van der Waals surface area contributed by atoms with Gasteiger partial charge in [0.25, 0.3) is 0 Å². The van der Waals surface area contributed by atoms with E-state index in [2.05, 4.69) is 36.4 Å². The SMILES string of the molecule is CNCc1n[nH]c(Cc2cc(Cl)cc(Br)c2)n1. The van der Waals surface area contributed by atoms with E-state index in [1.807, 2.05) is 25.2 Å². The number of nitrogens with one attached hydrogen (secondary N) is 2. The Hall–Kier alpha value is -0.910. The summed E-state index contributed by atoms with van der Waals surface area (Å²) in [4.78, 5) is 4.37. The van der Waals surface area contributed by atoms with Crippen LogP contribution in [0.5, 0.6) is 0 Å². The van der Waals surface area contributed by atoms with Crippen LogP contribution in [0.2, 0.25) is 5.02 Å². The van der Waals surface area contributed by atoms with E-state index in [9.17, 15) is 0 Å². The van der Waals surface area contributed by atoms with E-state index in [1.54, 1.807) is 0 Å². The Bertz CT molecular complexity index is 492. The van der Waals surface area contributed by atoms with Crippen LogP contribution in [0.3, 0.4) is 0 Å². The number of aromatic nitrogens is 3. The van der Waals surface area contributed by atoms with Gasteiger partial charge in [-0.15, -0.1) is 0 Å². The summed E-state index contributed by atoms with van der Waals surface area (Å²) >= 11 is 9.40. The van der Waals surface area contributed by atoms with Crippen LogP contribution in [0, 0.1) is 0 Å². The summed E-state index contributed by atoms with van der Waals surface area (Å²) in [6.45, 7) is 0.662. The Morgan fingerprint density at radius 3 is 2.94 bits per heavy atom.